The zero-order valence-corrected chi connectivity index (χ0v) is 14.8. The second-order valence-electron chi connectivity index (χ2n) is 6.98. The van der Waals surface area contributed by atoms with E-state index in [0.717, 1.165) is 44.9 Å². The molecule has 0 heterocycles. The Labute approximate surface area is 144 Å². The van der Waals surface area contributed by atoms with Gasteiger partial charge in [0.05, 0.1) is 12.1 Å². The molecule has 0 aromatic carbocycles. The molecule has 0 aliphatic heterocycles. The van der Waals surface area contributed by atoms with Crippen LogP contribution in [-0.2, 0) is 4.79 Å². The van der Waals surface area contributed by atoms with Gasteiger partial charge < -0.3 is 15.5 Å². The average molecular weight is 349 g/mol. The fourth-order valence-corrected chi connectivity index (χ4v) is 3.17. The molecule has 24 heavy (non-hydrogen) atoms. The lowest BCUT2D eigenvalue weighted by Gasteiger charge is -2.30. The number of halogens is 2. The van der Waals surface area contributed by atoms with Gasteiger partial charge in [-0.2, -0.15) is 8.78 Å². The van der Waals surface area contributed by atoms with Gasteiger partial charge in [-0.15, -0.1) is 0 Å². The van der Waals surface area contributed by atoms with Gasteiger partial charge >= 0.3 is 5.92 Å². The third-order valence-electron chi connectivity index (χ3n) is 4.85. The molecule has 3 atom stereocenters. The monoisotopic (exact) mass is 349 g/mol. The van der Waals surface area contributed by atoms with E-state index in [9.17, 15) is 23.8 Å². The summed E-state index contributed by atoms with van der Waals surface area (Å²) in [6, 6.07) is -0.636. The first kappa shape index (κ1) is 21.3. The minimum Gasteiger partial charge on any atom is -0.391 e. The standard InChI is InChI=1S/C18H33F2NO3/c1-2-3-4-5-6-7-8-13-16(23)18(19,20)17(24)21-14-11-9-10-12-15(14)22/h14-16,22-23H,2-13H2,1H3,(H,21,24)/t14-,15-,16?/m0/s1. The maximum Gasteiger partial charge on any atom is 0.349 e. The summed E-state index contributed by atoms with van der Waals surface area (Å²) in [4.78, 5) is 11.8. The highest BCUT2D eigenvalue weighted by Crippen LogP contribution is 2.25. The number of carbonyl (C=O) groups is 1. The fraction of sp³-hybridized carbons (Fsp3) is 0.944. The highest BCUT2D eigenvalue weighted by molar-refractivity contribution is 5.84. The first-order valence-electron chi connectivity index (χ1n) is 9.44. The average Bonchev–Trinajstić information content (AvgIpc) is 2.55. The van der Waals surface area contributed by atoms with Crippen molar-refractivity contribution in [3.63, 3.8) is 0 Å². The van der Waals surface area contributed by atoms with Crippen molar-refractivity contribution < 1.29 is 23.8 Å². The Balaban J connectivity index is 2.29. The van der Waals surface area contributed by atoms with E-state index in [-0.39, 0.29) is 6.42 Å². The summed E-state index contributed by atoms with van der Waals surface area (Å²) in [6.07, 6.45) is 6.66. The molecule has 142 valence electrons. The fourth-order valence-electron chi connectivity index (χ4n) is 3.17. The van der Waals surface area contributed by atoms with Crippen molar-refractivity contribution in [2.24, 2.45) is 0 Å². The number of nitrogens with one attached hydrogen (secondary N) is 1. The van der Waals surface area contributed by atoms with Crippen LogP contribution >= 0.6 is 0 Å². The summed E-state index contributed by atoms with van der Waals surface area (Å²) >= 11 is 0. The van der Waals surface area contributed by atoms with Gasteiger partial charge in [-0.25, -0.2) is 0 Å². The zero-order valence-electron chi connectivity index (χ0n) is 14.8. The van der Waals surface area contributed by atoms with Crippen LogP contribution in [0.4, 0.5) is 8.78 Å². The number of unbranched alkanes of at least 4 members (excludes halogenated alkanes) is 6. The van der Waals surface area contributed by atoms with Crippen LogP contribution in [-0.4, -0.2) is 40.3 Å². The molecule has 0 bridgehead atoms. The predicted molar refractivity (Wildman–Crippen MR) is 90.0 cm³/mol. The SMILES string of the molecule is CCCCCCCCCC(O)C(F)(F)C(=O)N[C@H]1CCCC[C@@H]1O. The number of hydrogen-bond donors (Lipinski definition) is 3. The maximum absolute atomic E-state index is 14.0. The summed E-state index contributed by atoms with van der Waals surface area (Å²) in [5.41, 5.74) is 0. The van der Waals surface area contributed by atoms with E-state index in [0.29, 0.717) is 19.3 Å². The largest absolute Gasteiger partial charge is 0.391 e. The van der Waals surface area contributed by atoms with Gasteiger partial charge in [0.15, 0.2) is 0 Å². The molecule has 0 spiro atoms. The van der Waals surface area contributed by atoms with Gasteiger partial charge in [-0.3, -0.25) is 4.79 Å². The van der Waals surface area contributed by atoms with E-state index in [1.807, 2.05) is 0 Å². The Kier molecular flexibility index (Phi) is 9.74. The maximum atomic E-state index is 14.0. The van der Waals surface area contributed by atoms with Crippen LogP contribution in [0.15, 0.2) is 0 Å². The second kappa shape index (κ2) is 11.0. The van der Waals surface area contributed by atoms with Crippen LogP contribution in [0, 0.1) is 0 Å². The third kappa shape index (κ3) is 7.01. The molecule has 1 rings (SSSR count). The van der Waals surface area contributed by atoms with E-state index in [1.54, 1.807) is 0 Å². The number of aliphatic hydroxyl groups is 2. The summed E-state index contributed by atoms with van der Waals surface area (Å²) in [5, 5.41) is 21.7. The van der Waals surface area contributed by atoms with Crippen molar-refractivity contribution in [1.29, 1.82) is 0 Å². The minimum absolute atomic E-state index is 0.0819. The van der Waals surface area contributed by atoms with Gasteiger partial charge in [-0.05, 0) is 19.3 Å². The predicted octanol–water partition coefficient (Wildman–Crippen LogP) is 3.54. The highest BCUT2D eigenvalue weighted by Gasteiger charge is 2.47. The summed E-state index contributed by atoms with van der Waals surface area (Å²) in [6.45, 7) is 2.13. The normalized spacial score (nSPS) is 23.0. The molecule has 1 aliphatic carbocycles. The van der Waals surface area contributed by atoms with Gasteiger partial charge in [0.1, 0.15) is 6.10 Å². The Hall–Kier alpha value is -0.750. The van der Waals surface area contributed by atoms with E-state index in [2.05, 4.69) is 12.2 Å². The Bertz CT molecular complexity index is 366. The summed E-state index contributed by atoms with van der Waals surface area (Å²) in [7, 11) is 0. The first-order chi connectivity index (χ1) is 11.4. The summed E-state index contributed by atoms with van der Waals surface area (Å²) in [5.74, 6) is -5.27. The first-order valence-corrected chi connectivity index (χ1v) is 9.44. The number of carbonyl (C=O) groups excluding carboxylic acids is 1. The van der Waals surface area contributed by atoms with Crippen LogP contribution in [0.25, 0.3) is 0 Å². The van der Waals surface area contributed by atoms with Crippen LogP contribution in [0.3, 0.4) is 0 Å². The molecule has 1 aliphatic rings. The van der Waals surface area contributed by atoms with Crippen molar-refractivity contribution >= 4 is 5.91 Å². The van der Waals surface area contributed by atoms with Crippen molar-refractivity contribution in [2.45, 2.75) is 108 Å². The smallest absolute Gasteiger partial charge is 0.349 e. The van der Waals surface area contributed by atoms with Gasteiger partial charge in [0.25, 0.3) is 5.91 Å². The van der Waals surface area contributed by atoms with E-state index in [1.165, 1.54) is 6.42 Å². The van der Waals surface area contributed by atoms with Gasteiger partial charge in [0.2, 0.25) is 0 Å². The molecule has 1 saturated carbocycles. The van der Waals surface area contributed by atoms with Gasteiger partial charge in [-0.1, -0.05) is 64.7 Å². The van der Waals surface area contributed by atoms with Crippen LogP contribution in [0.2, 0.25) is 0 Å². The van der Waals surface area contributed by atoms with Crippen molar-refractivity contribution in [2.75, 3.05) is 0 Å². The molecular weight excluding hydrogens is 316 g/mol. The molecule has 3 N–H and O–H groups in total. The molecule has 1 fully saturated rings. The lowest BCUT2D eigenvalue weighted by Crippen LogP contribution is -2.54. The van der Waals surface area contributed by atoms with Crippen LogP contribution < -0.4 is 5.32 Å². The minimum atomic E-state index is -3.81. The molecular formula is C18H33F2NO3. The quantitative estimate of drug-likeness (QED) is 0.500. The molecule has 4 nitrogen and oxygen atoms in total. The van der Waals surface area contributed by atoms with Crippen molar-refractivity contribution in [3.8, 4) is 0 Å². The number of rotatable bonds is 11. The number of aliphatic hydroxyl groups excluding tert-OH is 2. The topological polar surface area (TPSA) is 69.6 Å². The van der Waals surface area contributed by atoms with Crippen molar-refractivity contribution in [1.82, 2.24) is 5.32 Å². The summed E-state index contributed by atoms with van der Waals surface area (Å²) < 4.78 is 28.0. The van der Waals surface area contributed by atoms with Crippen LogP contribution in [0.5, 0.6) is 0 Å². The van der Waals surface area contributed by atoms with E-state index >= 15 is 0 Å². The van der Waals surface area contributed by atoms with Gasteiger partial charge in [0, 0.05) is 0 Å². The second-order valence-corrected chi connectivity index (χ2v) is 6.98. The third-order valence-corrected chi connectivity index (χ3v) is 4.85. The Morgan fingerprint density at radius 2 is 1.71 bits per heavy atom. The molecule has 0 saturated heterocycles. The van der Waals surface area contributed by atoms with Crippen LogP contribution in [0.1, 0.15) is 84.0 Å². The highest BCUT2D eigenvalue weighted by atomic mass is 19.3. The number of alkyl halides is 2. The molecule has 1 unspecified atom stereocenters. The lowest BCUT2D eigenvalue weighted by molar-refractivity contribution is -0.165. The zero-order chi connectivity index (χ0) is 18.0. The molecule has 0 aromatic heterocycles. The number of amides is 1. The molecule has 0 radical (unpaired) electrons. The molecule has 1 amide bonds. The van der Waals surface area contributed by atoms with E-state index < -0.39 is 30.1 Å². The Morgan fingerprint density at radius 3 is 2.33 bits per heavy atom. The molecule has 6 heteroatoms. The van der Waals surface area contributed by atoms with Crippen molar-refractivity contribution in [3.05, 3.63) is 0 Å². The van der Waals surface area contributed by atoms with E-state index in [4.69, 9.17) is 0 Å². The Morgan fingerprint density at radius 1 is 1.12 bits per heavy atom. The number of hydrogen-bond acceptors (Lipinski definition) is 3. The lowest BCUT2D eigenvalue weighted by atomic mass is 9.92. The molecule has 0 aromatic rings.